The summed E-state index contributed by atoms with van der Waals surface area (Å²) in [6.45, 7) is 2.30. The minimum Gasteiger partial charge on any atom is -0.467 e. The second-order valence-electron chi connectivity index (χ2n) is 7.95. The Bertz CT molecular complexity index is 695. The Kier molecular flexibility index (Phi) is 7.63. The van der Waals surface area contributed by atoms with E-state index in [2.05, 4.69) is 10.6 Å². The van der Waals surface area contributed by atoms with Crippen molar-refractivity contribution < 1.29 is 19.1 Å². The first-order valence-corrected chi connectivity index (χ1v) is 10.5. The Hall–Kier alpha value is -2.41. The van der Waals surface area contributed by atoms with Crippen molar-refractivity contribution in [3.63, 3.8) is 0 Å². The van der Waals surface area contributed by atoms with Gasteiger partial charge in [0.15, 0.2) is 0 Å². The van der Waals surface area contributed by atoms with Crippen molar-refractivity contribution >= 4 is 17.8 Å². The smallest absolute Gasteiger partial charge is 0.328 e. The Labute approximate surface area is 172 Å². The van der Waals surface area contributed by atoms with Crippen molar-refractivity contribution in [2.24, 2.45) is 5.92 Å². The number of amides is 2. The van der Waals surface area contributed by atoms with Crippen LogP contribution >= 0.6 is 0 Å². The summed E-state index contributed by atoms with van der Waals surface area (Å²) in [6.07, 6.45) is 4.36. The molecule has 0 aromatic heterocycles. The molecule has 2 heterocycles. The highest BCUT2D eigenvalue weighted by atomic mass is 16.5. The van der Waals surface area contributed by atoms with E-state index in [0.717, 1.165) is 37.8 Å². The van der Waals surface area contributed by atoms with Gasteiger partial charge in [0.05, 0.1) is 13.2 Å². The molecule has 2 aliphatic heterocycles. The van der Waals surface area contributed by atoms with Gasteiger partial charge in [-0.2, -0.15) is 0 Å². The number of piperidine rings is 1. The molecule has 2 aliphatic rings. The van der Waals surface area contributed by atoms with Crippen LogP contribution in [0.3, 0.4) is 0 Å². The van der Waals surface area contributed by atoms with E-state index >= 15 is 0 Å². The van der Waals surface area contributed by atoms with Gasteiger partial charge in [-0.25, -0.2) is 4.79 Å². The number of ether oxygens (including phenoxy) is 1. The standard InChI is InChI=1S/C22H31N3O4/c1-29-22(28)19(14-16-6-3-2-4-7-16)24-20(26)15-17-9-12-25(13-10-17)21(27)18-8-5-11-23-18/h2-4,6-7,17-19,23H,5,8-15H2,1H3,(H,24,26)/t18-,19-/m0/s1. The minimum atomic E-state index is -0.690. The second-order valence-corrected chi connectivity index (χ2v) is 7.95. The van der Waals surface area contributed by atoms with Gasteiger partial charge < -0.3 is 20.3 Å². The zero-order valence-corrected chi connectivity index (χ0v) is 17.1. The monoisotopic (exact) mass is 401 g/mol. The molecule has 0 saturated carbocycles. The first-order chi connectivity index (χ1) is 14.1. The largest absolute Gasteiger partial charge is 0.467 e. The van der Waals surface area contributed by atoms with Gasteiger partial charge in [-0.3, -0.25) is 9.59 Å². The molecule has 7 heteroatoms. The SMILES string of the molecule is COC(=O)[C@H](Cc1ccccc1)NC(=O)CC1CCN(C(=O)[C@@H]2CCCN2)CC1. The van der Waals surface area contributed by atoms with E-state index in [9.17, 15) is 14.4 Å². The van der Waals surface area contributed by atoms with E-state index in [1.165, 1.54) is 7.11 Å². The molecular formula is C22H31N3O4. The molecule has 0 spiro atoms. The lowest BCUT2D eigenvalue weighted by molar-refractivity contribution is -0.145. The van der Waals surface area contributed by atoms with Gasteiger partial charge in [0, 0.05) is 25.9 Å². The maximum Gasteiger partial charge on any atom is 0.328 e. The Morgan fingerprint density at radius 1 is 1.17 bits per heavy atom. The van der Waals surface area contributed by atoms with Crippen LogP contribution in [0.25, 0.3) is 0 Å². The Morgan fingerprint density at radius 3 is 2.52 bits per heavy atom. The van der Waals surface area contributed by atoms with Crippen LogP contribution in [0.4, 0.5) is 0 Å². The van der Waals surface area contributed by atoms with E-state index in [1.807, 2.05) is 35.2 Å². The van der Waals surface area contributed by atoms with Crippen molar-refractivity contribution in [2.45, 2.75) is 50.6 Å². The molecule has 0 bridgehead atoms. The summed E-state index contributed by atoms with van der Waals surface area (Å²) >= 11 is 0. The van der Waals surface area contributed by atoms with E-state index < -0.39 is 12.0 Å². The molecular weight excluding hydrogens is 370 g/mol. The number of carbonyl (C=O) groups is 3. The maximum atomic E-state index is 12.5. The number of hydrogen-bond donors (Lipinski definition) is 2. The van der Waals surface area contributed by atoms with Gasteiger partial charge in [0.25, 0.3) is 0 Å². The number of nitrogens with zero attached hydrogens (tertiary/aromatic N) is 1. The van der Waals surface area contributed by atoms with Crippen LogP contribution in [0.15, 0.2) is 30.3 Å². The average Bonchev–Trinajstić information content (AvgIpc) is 3.28. The fraction of sp³-hybridized carbons (Fsp3) is 0.591. The van der Waals surface area contributed by atoms with Crippen LogP contribution in [-0.4, -0.2) is 61.5 Å². The molecule has 2 saturated heterocycles. The van der Waals surface area contributed by atoms with Crippen LogP contribution < -0.4 is 10.6 Å². The number of rotatable bonds is 7. The lowest BCUT2D eigenvalue weighted by atomic mass is 9.92. The van der Waals surface area contributed by atoms with Crippen LogP contribution in [0.5, 0.6) is 0 Å². The third-order valence-electron chi connectivity index (χ3n) is 5.86. The molecule has 0 unspecified atom stereocenters. The highest BCUT2D eigenvalue weighted by Gasteiger charge is 2.31. The summed E-state index contributed by atoms with van der Waals surface area (Å²) in [4.78, 5) is 39.1. The lowest BCUT2D eigenvalue weighted by Gasteiger charge is -2.33. The van der Waals surface area contributed by atoms with Crippen molar-refractivity contribution in [1.29, 1.82) is 0 Å². The highest BCUT2D eigenvalue weighted by Crippen LogP contribution is 2.22. The molecule has 2 fully saturated rings. The minimum absolute atomic E-state index is 0.0337. The van der Waals surface area contributed by atoms with Crippen molar-refractivity contribution in [1.82, 2.24) is 15.5 Å². The number of methoxy groups -OCH3 is 1. The van der Waals surface area contributed by atoms with E-state index in [0.29, 0.717) is 25.9 Å². The number of nitrogens with one attached hydrogen (secondary N) is 2. The Morgan fingerprint density at radius 2 is 1.90 bits per heavy atom. The van der Waals surface area contributed by atoms with Gasteiger partial charge >= 0.3 is 5.97 Å². The first-order valence-electron chi connectivity index (χ1n) is 10.5. The van der Waals surface area contributed by atoms with Crippen molar-refractivity contribution in [2.75, 3.05) is 26.7 Å². The number of carbonyl (C=O) groups excluding carboxylic acids is 3. The summed E-state index contributed by atoms with van der Waals surface area (Å²) in [5.74, 6) is -0.158. The van der Waals surface area contributed by atoms with Gasteiger partial charge in [0.2, 0.25) is 11.8 Å². The number of hydrogen-bond acceptors (Lipinski definition) is 5. The quantitative estimate of drug-likeness (QED) is 0.672. The predicted molar refractivity (Wildman–Crippen MR) is 109 cm³/mol. The molecule has 0 aliphatic carbocycles. The van der Waals surface area contributed by atoms with Crippen molar-refractivity contribution in [3.05, 3.63) is 35.9 Å². The van der Waals surface area contributed by atoms with Gasteiger partial charge in [0.1, 0.15) is 6.04 Å². The fourth-order valence-corrected chi connectivity index (χ4v) is 4.17. The van der Waals surface area contributed by atoms with Crippen LogP contribution in [0, 0.1) is 5.92 Å². The molecule has 2 amide bonds. The third-order valence-corrected chi connectivity index (χ3v) is 5.86. The van der Waals surface area contributed by atoms with E-state index in [-0.39, 0.29) is 23.8 Å². The predicted octanol–water partition coefficient (Wildman–Crippen LogP) is 1.27. The lowest BCUT2D eigenvalue weighted by Crippen LogP contribution is -2.48. The molecule has 1 aromatic rings. The van der Waals surface area contributed by atoms with Gasteiger partial charge in [-0.1, -0.05) is 30.3 Å². The van der Waals surface area contributed by atoms with Gasteiger partial charge in [-0.05, 0) is 43.7 Å². The van der Waals surface area contributed by atoms with Crippen molar-refractivity contribution in [3.8, 4) is 0 Å². The summed E-state index contributed by atoms with van der Waals surface area (Å²) < 4.78 is 4.86. The molecule has 158 valence electrons. The second kappa shape index (κ2) is 10.4. The average molecular weight is 402 g/mol. The third kappa shape index (κ3) is 6.03. The first kappa shape index (κ1) is 21.3. The molecule has 2 atom stereocenters. The molecule has 29 heavy (non-hydrogen) atoms. The summed E-state index contributed by atoms with van der Waals surface area (Å²) in [6, 6.07) is 8.85. The number of esters is 1. The summed E-state index contributed by atoms with van der Waals surface area (Å²) in [7, 11) is 1.33. The zero-order valence-electron chi connectivity index (χ0n) is 17.1. The molecule has 2 N–H and O–H groups in total. The highest BCUT2D eigenvalue weighted by molar-refractivity contribution is 5.85. The van der Waals surface area contributed by atoms with Gasteiger partial charge in [-0.15, -0.1) is 0 Å². The number of likely N-dealkylation sites (tertiary alicyclic amines) is 1. The van der Waals surface area contributed by atoms with Crippen LogP contribution in [-0.2, 0) is 25.5 Å². The summed E-state index contributed by atoms with van der Waals surface area (Å²) in [5.41, 5.74) is 0.968. The molecule has 7 nitrogen and oxygen atoms in total. The maximum absolute atomic E-state index is 12.5. The fourth-order valence-electron chi connectivity index (χ4n) is 4.17. The van der Waals surface area contributed by atoms with Crippen LogP contribution in [0.1, 0.15) is 37.7 Å². The molecule has 1 aromatic carbocycles. The topological polar surface area (TPSA) is 87.7 Å². The Balaban J connectivity index is 1.46. The molecule has 0 radical (unpaired) electrons. The normalized spacial score (nSPS) is 20.9. The number of benzene rings is 1. The van der Waals surface area contributed by atoms with Crippen LogP contribution in [0.2, 0.25) is 0 Å². The van der Waals surface area contributed by atoms with E-state index in [1.54, 1.807) is 0 Å². The molecule has 3 rings (SSSR count). The summed E-state index contributed by atoms with van der Waals surface area (Å²) in [5, 5.41) is 6.09. The van der Waals surface area contributed by atoms with E-state index in [4.69, 9.17) is 4.74 Å². The zero-order chi connectivity index (χ0) is 20.6.